The third-order valence-corrected chi connectivity index (χ3v) is 1.86. The van der Waals surface area contributed by atoms with E-state index < -0.39 is 0 Å². The molecule has 0 amide bonds. The largest absolute Gasteiger partial charge is 0.198 e. The summed E-state index contributed by atoms with van der Waals surface area (Å²) in [6, 6.07) is 3.92. The maximum atomic E-state index is 3.83. The number of pyridine rings is 1. The van der Waals surface area contributed by atoms with Gasteiger partial charge in [-0.05, 0) is 35.9 Å². The van der Waals surface area contributed by atoms with Crippen molar-refractivity contribution in [1.82, 2.24) is 20.0 Å². The second-order valence-electron chi connectivity index (χ2n) is 2.55. The van der Waals surface area contributed by atoms with Crippen LogP contribution in [0.4, 0.5) is 0 Å². The summed E-state index contributed by atoms with van der Waals surface area (Å²) >= 11 is 0. The van der Waals surface area contributed by atoms with Crippen LogP contribution >= 0.6 is 0 Å². The molecular weight excluding hydrogens is 140 g/mol. The normalized spacial score (nSPS) is 10.7. The molecule has 2 aromatic heterocycles. The average Bonchev–Trinajstić information content (AvgIpc) is 2.45. The molecule has 2 heterocycles. The van der Waals surface area contributed by atoms with Crippen molar-refractivity contribution >= 4 is 5.65 Å². The van der Waals surface area contributed by atoms with E-state index in [0.717, 1.165) is 11.3 Å². The van der Waals surface area contributed by atoms with E-state index in [1.807, 2.05) is 26.0 Å². The Bertz CT molecular complexity index is 390. The van der Waals surface area contributed by atoms with E-state index >= 15 is 0 Å². The molecule has 0 saturated heterocycles. The second-order valence-corrected chi connectivity index (χ2v) is 2.55. The van der Waals surface area contributed by atoms with Crippen molar-refractivity contribution in [1.29, 1.82) is 0 Å². The van der Waals surface area contributed by atoms with Gasteiger partial charge in [-0.3, -0.25) is 0 Å². The van der Waals surface area contributed by atoms with Gasteiger partial charge in [0.25, 0.3) is 0 Å². The lowest BCUT2D eigenvalue weighted by Crippen LogP contribution is -1.95. The van der Waals surface area contributed by atoms with Crippen molar-refractivity contribution in [2.45, 2.75) is 13.8 Å². The monoisotopic (exact) mass is 148 g/mol. The summed E-state index contributed by atoms with van der Waals surface area (Å²) in [6.45, 7) is 4.04. The molecule has 0 N–H and O–H groups in total. The third kappa shape index (κ3) is 0.790. The molecule has 0 radical (unpaired) electrons. The van der Waals surface area contributed by atoms with Gasteiger partial charge < -0.3 is 0 Å². The van der Waals surface area contributed by atoms with Gasteiger partial charge >= 0.3 is 0 Å². The Morgan fingerprint density at radius 2 is 2.09 bits per heavy atom. The fourth-order valence-corrected chi connectivity index (χ4v) is 1.02. The SMILES string of the molecule is Cc1ccc2nnnn2c1C. The van der Waals surface area contributed by atoms with Gasteiger partial charge in [0.2, 0.25) is 0 Å². The van der Waals surface area contributed by atoms with Crippen LogP contribution in [-0.4, -0.2) is 20.0 Å². The quantitative estimate of drug-likeness (QED) is 0.553. The Hall–Kier alpha value is -1.45. The van der Waals surface area contributed by atoms with Crippen molar-refractivity contribution in [3.63, 3.8) is 0 Å². The first-order valence-corrected chi connectivity index (χ1v) is 3.43. The standard InChI is InChI=1S/C7H8N4/c1-5-3-4-7-8-9-10-11(7)6(5)2/h3-4H,1-2H3. The van der Waals surface area contributed by atoms with Crippen LogP contribution in [0.15, 0.2) is 12.1 Å². The molecule has 0 saturated carbocycles. The number of nitrogens with zero attached hydrogens (tertiary/aromatic N) is 4. The molecule has 0 fully saturated rings. The first kappa shape index (κ1) is 6.27. The van der Waals surface area contributed by atoms with E-state index in [0.29, 0.717) is 0 Å². The Labute approximate surface area is 63.8 Å². The molecule has 56 valence electrons. The lowest BCUT2D eigenvalue weighted by molar-refractivity contribution is 0.799. The topological polar surface area (TPSA) is 43.1 Å². The van der Waals surface area contributed by atoms with Crippen LogP contribution in [0.5, 0.6) is 0 Å². The molecule has 2 aromatic rings. The molecule has 4 nitrogen and oxygen atoms in total. The highest BCUT2D eigenvalue weighted by Crippen LogP contribution is 2.06. The van der Waals surface area contributed by atoms with Crippen LogP contribution in [0.2, 0.25) is 0 Å². The van der Waals surface area contributed by atoms with Crippen LogP contribution < -0.4 is 0 Å². The van der Waals surface area contributed by atoms with Crippen molar-refractivity contribution in [2.75, 3.05) is 0 Å². The average molecular weight is 148 g/mol. The van der Waals surface area contributed by atoms with E-state index in [4.69, 9.17) is 0 Å². The molecule has 0 spiro atoms. The summed E-state index contributed by atoms with van der Waals surface area (Å²) in [6.07, 6.45) is 0. The van der Waals surface area contributed by atoms with Crippen LogP contribution in [0.25, 0.3) is 5.65 Å². The summed E-state index contributed by atoms with van der Waals surface area (Å²) in [5.74, 6) is 0. The zero-order valence-electron chi connectivity index (χ0n) is 6.44. The number of hydrogen-bond donors (Lipinski definition) is 0. The van der Waals surface area contributed by atoms with Crippen LogP contribution in [0.1, 0.15) is 11.3 Å². The number of rotatable bonds is 0. The van der Waals surface area contributed by atoms with E-state index in [1.165, 1.54) is 5.56 Å². The highest BCUT2D eigenvalue weighted by Gasteiger charge is 2.00. The fraction of sp³-hybridized carbons (Fsp3) is 0.286. The summed E-state index contributed by atoms with van der Waals surface area (Å²) in [5.41, 5.74) is 3.09. The smallest absolute Gasteiger partial charge is 0.179 e. The Balaban J connectivity index is 2.93. The van der Waals surface area contributed by atoms with Gasteiger partial charge in [-0.25, -0.2) is 0 Å². The minimum absolute atomic E-state index is 0.799. The van der Waals surface area contributed by atoms with Crippen molar-refractivity contribution in [3.05, 3.63) is 23.4 Å². The van der Waals surface area contributed by atoms with Crippen LogP contribution in [-0.2, 0) is 0 Å². The first-order chi connectivity index (χ1) is 5.29. The van der Waals surface area contributed by atoms with E-state index in [2.05, 4.69) is 15.5 Å². The van der Waals surface area contributed by atoms with Gasteiger partial charge in [-0.2, -0.15) is 4.52 Å². The molecule has 0 unspecified atom stereocenters. The zero-order valence-corrected chi connectivity index (χ0v) is 6.44. The minimum Gasteiger partial charge on any atom is -0.198 e. The molecule has 0 atom stereocenters. The van der Waals surface area contributed by atoms with E-state index in [1.54, 1.807) is 4.52 Å². The van der Waals surface area contributed by atoms with E-state index in [9.17, 15) is 0 Å². The number of tetrazole rings is 1. The van der Waals surface area contributed by atoms with Gasteiger partial charge in [0.1, 0.15) is 0 Å². The maximum Gasteiger partial charge on any atom is 0.179 e. The predicted octanol–water partition coefficient (Wildman–Crippen LogP) is 0.741. The summed E-state index contributed by atoms with van der Waals surface area (Å²) in [5, 5.41) is 11.2. The van der Waals surface area contributed by atoms with Gasteiger partial charge in [-0.15, -0.1) is 5.10 Å². The van der Waals surface area contributed by atoms with Crippen molar-refractivity contribution in [2.24, 2.45) is 0 Å². The molecule has 0 aromatic carbocycles. The number of hydrogen-bond acceptors (Lipinski definition) is 3. The highest BCUT2D eigenvalue weighted by atomic mass is 15.5. The molecule has 0 bridgehead atoms. The maximum absolute atomic E-state index is 3.83. The van der Waals surface area contributed by atoms with Gasteiger partial charge in [-0.1, -0.05) is 6.07 Å². The van der Waals surface area contributed by atoms with Gasteiger partial charge in [0.05, 0.1) is 0 Å². The summed E-state index contributed by atoms with van der Waals surface area (Å²) < 4.78 is 1.73. The second kappa shape index (κ2) is 2.02. The van der Waals surface area contributed by atoms with Gasteiger partial charge in [0.15, 0.2) is 5.65 Å². The number of aryl methyl sites for hydroxylation is 2. The number of aromatic nitrogens is 4. The van der Waals surface area contributed by atoms with Gasteiger partial charge in [0, 0.05) is 5.69 Å². The van der Waals surface area contributed by atoms with Crippen molar-refractivity contribution < 1.29 is 0 Å². The Morgan fingerprint density at radius 3 is 2.91 bits per heavy atom. The minimum atomic E-state index is 0.799. The van der Waals surface area contributed by atoms with Crippen LogP contribution in [0, 0.1) is 13.8 Å². The molecule has 0 aliphatic carbocycles. The molecular formula is C7H8N4. The summed E-state index contributed by atoms with van der Waals surface area (Å²) in [7, 11) is 0. The Morgan fingerprint density at radius 1 is 1.27 bits per heavy atom. The van der Waals surface area contributed by atoms with Crippen molar-refractivity contribution in [3.8, 4) is 0 Å². The number of fused-ring (bicyclic) bond motifs is 1. The zero-order chi connectivity index (χ0) is 7.84. The first-order valence-electron chi connectivity index (χ1n) is 3.43. The molecule has 4 heteroatoms. The fourth-order valence-electron chi connectivity index (χ4n) is 1.02. The van der Waals surface area contributed by atoms with E-state index in [-0.39, 0.29) is 0 Å². The lowest BCUT2D eigenvalue weighted by atomic mass is 10.2. The highest BCUT2D eigenvalue weighted by molar-refractivity contribution is 5.39. The predicted molar refractivity (Wildman–Crippen MR) is 40.3 cm³/mol. The lowest BCUT2D eigenvalue weighted by Gasteiger charge is -1.98. The summed E-state index contributed by atoms with van der Waals surface area (Å²) in [4.78, 5) is 0. The third-order valence-electron chi connectivity index (χ3n) is 1.86. The molecule has 11 heavy (non-hydrogen) atoms. The molecule has 0 aliphatic heterocycles. The van der Waals surface area contributed by atoms with Crippen LogP contribution in [0.3, 0.4) is 0 Å². The molecule has 2 rings (SSSR count). The Kier molecular flexibility index (Phi) is 1.15. The molecule has 0 aliphatic rings.